The fraction of sp³-hybridized carbons (Fsp3) is 0.400. The van der Waals surface area contributed by atoms with Gasteiger partial charge in [-0.2, -0.15) is 0 Å². The Labute approximate surface area is 177 Å². The molecule has 0 bridgehead atoms. The summed E-state index contributed by atoms with van der Waals surface area (Å²) >= 11 is 0. The minimum absolute atomic E-state index is 0.0162. The summed E-state index contributed by atoms with van der Waals surface area (Å²) in [5.41, 5.74) is 5.41. The van der Waals surface area contributed by atoms with E-state index in [2.05, 4.69) is 63.0 Å². The number of hydrogen-bond acceptors (Lipinski definition) is 3. The van der Waals surface area contributed by atoms with Crippen LogP contribution >= 0.6 is 0 Å². The van der Waals surface area contributed by atoms with Gasteiger partial charge in [0.2, 0.25) is 0 Å². The lowest BCUT2D eigenvalue weighted by atomic mass is 9.98. The van der Waals surface area contributed by atoms with Crippen molar-refractivity contribution < 1.29 is 4.79 Å². The van der Waals surface area contributed by atoms with E-state index in [9.17, 15) is 4.79 Å². The van der Waals surface area contributed by atoms with E-state index in [1.54, 1.807) is 0 Å². The summed E-state index contributed by atoms with van der Waals surface area (Å²) in [5, 5.41) is 7.49. The van der Waals surface area contributed by atoms with E-state index < -0.39 is 0 Å². The molecule has 0 saturated carbocycles. The highest BCUT2D eigenvalue weighted by Crippen LogP contribution is 2.28. The van der Waals surface area contributed by atoms with Crippen LogP contribution in [0.15, 0.2) is 48.7 Å². The quantitative estimate of drug-likeness (QED) is 0.600. The van der Waals surface area contributed by atoms with Gasteiger partial charge in [-0.25, -0.2) is 0 Å². The third-order valence-electron chi connectivity index (χ3n) is 6.61. The number of carbonyl (C=O) groups is 1. The second kappa shape index (κ2) is 8.52. The Bertz CT molecular complexity index is 1010. The average Bonchev–Trinajstić information content (AvgIpc) is 3.48. The molecule has 2 aliphatic heterocycles. The van der Waals surface area contributed by atoms with E-state index in [4.69, 9.17) is 0 Å². The summed E-state index contributed by atoms with van der Waals surface area (Å²) in [4.78, 5) is 18.5. The van der Waals surface area contributed by atoms with Gasteiger partial charge in [-0.3, -0.25) is 4.79 Å². The summed E-state index contributed by atoms with van der Waals surface area (Å²) in [5.74, 6) is 0.595. The Morgan fingerprint density at radius 3 is 2.50 bits per heavy atom. The normalized spacial score (nSPS) is 17.5. The molecule has 2 fully saturated rings. The maximum absolute atomic E-state index is 12.7. The number of nitrogens with one attached hydrogen (secondary N) is 3. The van der Waals surface area contributed by atoms with E-state index >= 15 is 0 Å². The van der Waals surface area contributed by atoms with Crippen LogP contribution in [0.5, 0.6) is 0 Å². The van der Waals surface area contributed by atoms with Crippen molar-refractivity contribution in [2.75, 3.05) is 37.6 Å². The molecular weight excluding hydrogens is 372 g/mol. The first-order chi connectivity index (χ1) is 14.8. The van der Waals surface area contributed by atoms with E-state index in [1.807, 2.05) is 6.20 Å². The molecule has 0 aliphatic carbocycles. The van der Waals surface area contributed by atoms with E-state index in [1.165, 1.54) is 29.7 Å². The molecule has 30 heavy (non-hydrogen) atoms. The molecule has 5 nitrogen and oxygen atoms in total. The molecular formula is C25H30N4O. The maximum atomic E-state index is 12.7. The minimum Gasteiger partial charge on any atom is -0.372 e. The van der Waals surface area contributed by atoms with Crippen LogP contribution < -0.4 is 15.5 Å². The van der Waals surface area contributed by atoms with Crippen LogP contribution in [0.3, 0.4) is 0 Å². The number of H-pyrrole nitrogens is 1. The van der Waals surface area contributed by atoms with Crippen LogP contribution in [-0.4, -0.2) is 43.6 Å². The zero-order chi connectivity index (χ0) is 20.3. The third-order valence-corrected chi connectivity index (χ3v) is 6.61. The van der Waals surface area contributed by atoms with Gasteiger partial charge in [0.05, 0.1) is 5.56 Å². The Morgan fingerprint density at radius 1 is 1.00 bits per heavy atom. The first-order valence-electron chi connectivity index (χ1n) is 11.2. The highest BCUT2D eigenvalue weighted by Gasteiger charge is 2.17. The van der Waals surface area contributed by atoms with Crippen molar-refractivity contribution in [2.45, 2.75) is 25.7 Å². The molecule has 3 heterocycles. The molecule has 3 N–H and O–H groups in total. The van der Waals surface area contributed by atoms with Gasteiger partial charge in [0, 0.05) is 42.4 Å². The predicted octanol–water partition coefficient (Wildman–Crippen LogP) is 4.16. The largest absolute Gasteiger partial charge is 0.372 e. The number of benzene rings is 2. The first-order valence-corrected chi connectivity index (χ1v) is 11.2. The van der Waals surface area contributed by atoms with E-state index in [0.29, 0.717) is 5.92 Å². The van der Waals surface area contributed by atoms with Crippen LogP contribution in [-0.2, 0) is 0 Å². The van der Waals surface area contributed by atoms with Crippen molar-refractivity contribution in [2.24, 2.45) is 5.92 Å². The number of piperidine rings is 1. The highest BCUT2D eigenvalue weighted by molar-refractivity contribution is 6.07. The number of fused-ring (bicyclic) bond motifs is 1. The van der Waals surface area contributed by atoms with Gasteiger partial charge in [-0.1, -0.05) is 24.3 Å². The molecule has 1 aromatic heterocycles. The number of carbonyl (C=O) groups excluding carboxylic acids is 1. The van der Waals surface area contributed by atoms with E-state index in [-0.39, 0.29) is 5.91 Å². The van der Waals surface area contributed by atoms with Gasteiger partial charge in [0.1, 0.15) is 0 Å². The number of aromatic nitrogens is 1. The SMILES string of the molecule is O=C(NCC1CCNCC1)c1c[nH]c2cc(-c3ccc(N4CCCC4)cc3)ccc12. The van der Waals surface area contributed by atoms with Crippen molar-refractivity contribution in [3.63, 3.8) is 0 Å². The van der Waals surface area contributed by atoms with Crippen LogP contribution in [0, 0.1) is 5.92 Å². The predicted molar refractivity (Wildman–Crippen MR) is 123 cm³/mol. The summed E-state index contributed by atoms with van der Waals surface area (Å²) < 4.78 is 0. The molecule has 0 spiro atoms. The Hall–Kier alpha value is -2.79. The van der Waals surface area contributed by atoms with E-state index in [0.717, 1.165) is 62.0 Å². The van der Waals surface area contributed by atoms with Gasteiger partial charge < -0.3 is 20.5 Å². The van der Waals surface area contributed by atoms with Gasteiger partial charge in [-0.05, 0) is 74.0 Å². The van der Waals surface area contributed by atoms with Gasteiger partial charge >= 0.3 is 0 Å². The van der Waals surface area contributed by atoms with Crippen molar-refractivity contribution in [1.82, 2.24) is 15.6 Å². The molecule has 0 atom stereocenters. The number of aromatic amines is 1. The lowest BCUT2D eigenvalue weighted by Gasteiger charge is -2.22. The van der Waals surface area contributed by atoms with Crippen LogP contribution in [0.4, 0.5) is 5.69 Å². The number of amides is 1. The zero-order valence-electron chi connectivity index (χ0n) is 17.4. The fourth-order valence-electron chi connectivity index (χ4n) is 4.75. The summed E-state index contributed by atoms with van der Waals surface area (Å²) in [6.07, 6.45) is 6.68. The second-order valence-corrected chi connectivity index (χ2v) is 8.61. The number of anilines is 1. The van der Waals surface area contributed by atoms with Crippen LogP contribution in [0.1, 0.15) is 36.0 Å². The molecule has 0 radical (unpaired) electrons. The van der Waals surface area contributed by atoms with Gasteiger partial charge in [0.25, 0.3) is 5.91 Å². The van der Waals surface area contributed by atoms with Crippen molar-refractivity contribution >= 4 is 22.5 Å². The fourth-order valence-corrected chi connectivity index (χ4v) is 4.75. The lowest BCUT2D eigenvalue weighted by Crippen LogP contribution is -2.35. The summed E-state index contributed by atoms with van der Waals surface area (Å²) in [7, 11) is 0. The van der Waals surface area contributed by atoms with Crippen molar-refractivity contribution in [3.8, 4) is 11.1 Å². The summed E-state index contributed by atoms with van der Waals surface area (Å²) in [6, 6.07) is 15.2. The zero-order valence-corrected chi connectivity index (χ0v) is 17.4. The Balaban J connectivity index is 1.30. The minimum atomic E-state index is 0.0162. The van der Waals surface area contributed by atoms with Crippen LogP contribution in [0.25, 0.3) is 22.0 Å². The molecule has 156 valence electrons. The summed E-state index contributed by atoms with van der Waals surface area (Å²) in [6.45, 7) is 5.19. The monoisotopic (exact) mass is 402 g/mol. The molecule has 5 rings (SSSR count). The first kappa shape index (κ1) is 19.2. The molecule has 1 amide bonds. The highest BCUT2D eigenvalue weighted by atomic mass is 16.1. The van der Waals surface area contributed by atoms with Crippen molar-refractivity contribution in [3.05, 3.63) is 54.2 Å². The lowest BCUT2D eigenvalue weighted by molar-refractivity contribution is 0.0946. The molecule has 5 heteroatoms. The Morgan fingerprint density at radius 2 is 1.73 bits per heavy atom. The maximum Gasteiger partial charge on any atom is 0.253 e. The third kappa shape index (κ3) is 3.94. The second-order valence-electron chi connectivity index (χ2n) is 8.61. The standard InChI is InChI=1S/C25H30N4O/c30-25(28-16-18-9-11-26-12-10-18)23-17-27-24-15-20(5-8-22(23)24)19-3-6-21(7-4-19)29-13-1-2-14-29/h3-8,15,17-18,26-27H,1-2,9-14,16H2,(H,28,30). The molecule has 3 aromatic rings. The number of nitrogens with zero attached hydrogens (tertiary/aromatic N) is 1. The number of hydrogen-bond donors (Lipinski definition) is 3. The smallest absolute Gasteiger partial charge is 0.253 e. The number of rotatable bonds is 5. The van der Waals surface area contributed by atoms with Crippen LogP contribution in [0.2, 0.25) is 0 Å². The molecule has 2 saturated heterocycles. The molecule has 2 aliphatic rings. The topological polar surface area (TPSA) is 60.2 Å². The average molecular weight is 403 g/mol. The van der Waals surface area contributed by atoms with Gasteiger partial charge in [-0.15, -0.1) is 0 Å². The molecule has 2 aromatic carbocycles. The van der Waals surface area contributed by atoms with Gasteiger partial charge in [0.15, 0.2) is 0 Å². The molecule has 0 unspecified atom stereocenters. The Kier molecular flexibility index (Phi) is 5.45. The van der Waals surface area contributed by atoms with Crippen molar-refractivity contribution in [1.29, 1.82) is 0 Å².